The van der Waals surface area contributed by atoms with Crippen LogP contribution in [0.15, 0.2) is 54.6 Å². The highest BCUT2D eigenvalue weighted by Crippen LogP contribution is 2.29. The van der Waals surface area contributed by atoms with Crippen molar-refractivity contribution in [2.45, 2.75) is 19.3 Å². The number of nitrogens with zero attached hydrogens (tertiary/aromatic N) is 5. The Balaban J connectivity index is 1.62. The van der Waals surface area contributed by atoms with Gasteiger partial charge in [0.2, 0.25) is 0 Å². The molecule has 0 aliphatic carbocycles. The number of hydrogen-bond acceptors (Lipinski definition) is 6. The molecule has 0 saturated carbocycles. The maximum absolute atomic E-state index is 14.1. The van der Waals surface area contributed by atoms with Crippen LogP contribution in [0.4, 0.5) is 4.39 Å². The maximum atomic E-state index is 14.1. The largest absolute Gasteiger partial charge is 0.497 e. The Bertz CT molecular complexity index is 1340. The number of rotatable bonds is 8. The van der Waals surface area contributed by atoms with E-state index in [1.54, 1.807) is 20.2 Å². The second-order valence-electron chi connectivity index (χ2n) is 7.51. The summed E-state index contributed by atoms with van der Waals surface area (Å²) in [4.78, 5) is 0. The Labute approximate surface area is 200 Å². The van der Waals surface area contributed by atoms with Gasteiger partial charge in [0.1, 0.15) is 23.7 Å². The highest BCUT2D eigenvalue weighted by atomic mass is 35.5. The molecule has 4 rings (SSSR count). The fourth-order valence-corrected chi connectivity index (χ4v) is 3.76. The predicted octanol–water partition coefficient (Wildman–Crippen LogP) is 4.08. The van der Waals surface area contributed by atoms with Crippen LogP contribution in [0.3, 0.4) is 0 Å². The lowest BCUT2D eigenvalue weighted by Crippen LogP contribution is -2.13. The van der Waals surface area contributed by atoms with E-state index in [9.17, 15) is 9.50 Å². The Morgan fingerprint density at radius 1 is 1.09 bits per heavy atom. The SMILES string of the molecule is COc1ccc(COCc2cc(F)ccc2-n2nc(Cl)cc2C(O)c2cc(C#N)nn2C)cc1. The van der Waals surface area contributed by atoms with Gasteiger partial charge < -0.3 is 14.6 Å². The van der Waals surface area contributed by atoms with Crippen molar-refractivity contribution >= 4 is 11.6 Å². The highest BCUT2D eigenvalue weighted by Gasteiger charge is 2.23. The van der Waals surface area contributed by atoms with Crippen LogP contribution in [0.5, 0.6) is 5.75 Å². The van der Waals surface area contributed by atoms with Gasteiger partial charge in [-0.1, -0.05) is 23.7 Å². The summed E-state index contributed by atoms with van der Waals surface area (Å²) in [6.07, 6.45) is -1.18. The first-order chi connectivity index (χ1) is 16.4. The van der Waals surface area contributed by atoms with Gasteiger partial charge >= 0.3 is 0 Å². The summed E-state index contributed by atoms with van der Waals surface area (Å²) in [5.74, 6) is 0.311. The molecule has 2 aromatic heterocycles. The number of halogens is 2. The third kappa shape index (κ3) is 4.94. The molecule has 0 saturated heterocycles. The number of ether oxygens (including phenoxy) is 2. The third-order valence-corrected chi connectivity index (χ3v) is 5.44. The summed E-state index contributed by atoms with van der Waals surface area (Å²) < 4.78 is 27.9. The molecular weight excluding hydrogens is 461 g/mol. The third-order valence-electron chi connectivity index (χ3n) is 5.25. The Kier molecular flexibility index (Phi) is 6.93. The first-order valence-corrected chi connectivity index (χ1v) is 10.6. The summed E-state index contributed by atoms with van der Waals surface area (Å²) in [6, 6.07) is 16.6. The molecule has 0 fully saturated rings. The van der Waals surface area contributed by atoms with E-state index < -0.39 is 11.9 Å². The van der Waals surface area contributed by atoms with Crippen LogP contribution in [0.1, 0.15) is 34.3 Å². The second-order valence-corrected chi connectivity index (χ2v) is 7.90. The zero-order valence-corrected chi connectivity index (χ0v) is 19.2. The van der Waals surface area contributed by atoms with Crippen LogP contribution in [0.2, 0.25) is 5.15 Å². The fraction of sp³-hybridized carbons (Fsp3) is 0.208. The lowest BCUT2D eigenvalue weighted by atomic mass is 10.1. The van der Waals surface area contributed by atoms with E-state index in [1.165, 1.54) is 33.6 Å². The molecule has 0 bridgehead atoms. The van der Waals surface area contributed by atoms with Crippen molar-refractivity contribution < 1.29 is 19.0 Å². The Morgan fingerprint density at radius 2 is 1.85 bits per heavy atom. The predicted molar refractivity (Wildman–Crippen MR) is 122 cm³/mol. The molecule has 0 radical (unpaired) electrons. The van der Waals surface area contributed by atoms with Gasteiger partial charge in [-0.3, -0.25) is 4.68 Å². The Hall–Kier alpha value is -3.71. The molecule has 4 aromatic rings. The van der Waals surface area contributed by atoms with E-state index in [1.807, 2.05) is 30.3 Å². The molecule has 2 heterocycles. The van der Waals surface area contributed by atoms with Crippen molar-refractivity contribution in [2.75, 3.05) is 7.11 Å². The smallest absolute Gasteiger partial charge is 0.162 e. The number of aliphatic hydroxyl groups excluding tert-OH is 1. The number of hydrogen-bond donors (Lipinski definition) is 1. The summed E-state index contributed by atoms with van der Waals surface area (Å²) in [5, 5.41) is 28.7. The standard InChI is InChI=1S/C24H21ClFN5O3/c1-30-21(10-18(12-27)28-30)24(32)22-11-23(25)29-31(22)20-8-5-17(26)9-16(20)14-34-13-15-3-6-19(33-2)7-4-15/h3-11,24,32H,13-14H2,1-2H3. The van der Waals surface area contributed by atoms with Crippen molar-refractivity contribution in [3.63, 3.8) is 0 Å². The molecule has 0 aliphatic heterocycles. The molecule has 8 nitrogen and oxygen atoms in total. The van der Waals surface area contributed by atoms with Gasteiger partial charge in [0, 0.05) is 24.7 Å². The highest BCUT2D eigenvalue weighted by molar-refractivity contribution is 6.29. The molecule has 2 aromatic carbocycles. The fourth-order valence-electron chi connectivity index (χ4n) is 3.57. The Morgan fingerprint density at radius 3 is 2.53 bits per heavy atom. The van der Waals surface area contributed by atoms with Crippen LogP contribution in [0, 0.1) is 17.1 Å². The molecule has 0 amide bonds. The second kappa shape index (κ2) is 10.1. The van der Waals surface area contributed by atoms with E-state index in [2.05, 4.69) is 10.2 Å². The van der Waals surface area contributed by atoms with E-state index in [4.69, 9.17) is 26.3 Å². The lowest BCUT2D eigenvalue weighted by molar-refractivity contribution is 0.106. The van der Waals surface area contributed by atoms with E-state index in [0.29, 0.717) is 29.2 Å². The van der Waals surface area contributed by atoms with Gasteiger partial charge in [-0.05, 0) is 35.9 Å². The molecule has 1 N–H and O–H groups in total. The number of aliphatic hydroxyl groups is 1. The van der Waals surface area contributed by atoms with Crippen LogP contribution < -0.4 is 4.74 Å². The van der Waals surface area contributed by atoms with Crippen molar-refractivity contribution in [3.05, 3.63) is 93.8 Å². The van der Waals surface area contributed by atoms with Crippen LogP contribution >= 0.6 is 11.6 Å². The van der Waals surface area contributed by atoms with Crippen LogP contribution in [-0.2, 0) is 25.0 Å². The van der Waals surface area contributed by atoms with Crippen LogP contribution in [0.25, 0.3) is 5.69 Å². The maximum Gasteiger partial charge on any atom is 0.162 e. The number of aryl methyl sites for hydroxylation is 1. The summed E-state index contributed by atoms with van der Waals surface area (Å²) in [6.45, 7) is 0.400. The van der Waals surface area contributed by atoms with E-state index >= 15 is 0 Å². The van der Waals surface area contributed by atoms with E-state index in [-0.39, 0.29) is 17.5 Å². The van der Waals surface area contributed by atoms with Gasteiger partial charge in [-0.25, -0.2) is 9.07 Å². The average Bonchev–Trinajstić information content (AvgIpc) is 3.41. The monoisotopic (exact) mass is 481 g/mol. The van der Waals surface area contributed by atoms with Gasteiger partial charge in [0.05, 0.1) is 37.4 Å². The quantitative estimate of drug-likeness (QED) is 0.407. The minimum absolute atomic E-state index is 0.0937. The zero-order valence-electron chi connectivity index (χ0n) is 18.4. The van der Waals surface area contributed by atoms with Gasteiger partial charge in [0.15, 0.2) is 10.8 Å². The summed E-state index contributed by atoms with van der Waals surface area (Å²) in [7, 11) is 3.22. The zero-order chi connectivity index (χ0) is 24.2. The number of methoxy groups -OCH3 is 1. The molecule has 1 unspecified atom stereocenters. The van der Waals surface area contributed by atoms with Crippen molar-refractivity contribution in [2.24, 2.45) is 7.05 Å². The molecule has 0 aliphatic rings. The molecule has 10 heteroatoms. The summed E-state index contributed by atoms with van der Waals surface area (Å²) in [5.41, 5.74) is 2.84. The number of benzene rings is 2. The van der Waals surface area contributed by atoms with Gasteiger partial charge in [-0.15, -0.1) is 0 Å². The molecule has 34 heavy (non-hydrogen) atoms. The van der Waals surface area contributed by atoms with Gasteiger partial charge in [0.25, 0.3) is 0 Å². The first kappa shape index (κ1) is 23.4. The molecule has 1 atom stereocenters. The lowest BCUT2D eigenvalue weighted by Gasteiger charge is -2.16. The average molecular weight is 482 g/mol. The minimum atomic E-state index is -1.18. The summed E-state index contributed by atoms with van der Waals surface area (Å²) >= 11 is 6.18. The van der Waals surface area contributed by atoms with Gasteiger partial charge in [-0.2, -0.15) is 15.5 Å². The number of aromatic nitrogens is 4. The molecular formula is C24H21ClFN5O3. The normalized spacial score (nSPS) is 11.9. The van der Waals surface area contributed by atoms with Crippen molar-refractivity contribution in [3.8, 4) is 17.5 Å². The van der Waals surface area contributed by atoms with Crippen molar-refractivity contribution in [1.29, 1.82) is 5.26 Å². The first-order valence-electron chi connectivity index (χ1n) is 10.3. The molecule has 0 spiro atoms. The topological polar surface area (TPSA) is 98.1 Å². The number of nitriles is 1. The van der Waals surface area contributed by atoms with Crippen LogP contribution in [-0.4, -0.2) is 31.8 Å². The molecule has 174 valence electrons. The van der Waals surface area contributed by atoms with E-state index in [0.717, 1.165) is 11.3 Å². The minimum Gasteiger partial charge on any atom is -0.497 e. The van der Waals surface area contributed by atoms with Crippen molar-refractivity contribution in [1.82, 2.24) is 19.6 Å².